The van der Waals surface area contributed by atoms with Crippen LogP contribution in [-0.4, -0.2) is 54.9 Å². The number of nitrogens with one attached hydrogen (secondary N) is 1. The quantitative estimate of drug-likeness (QED) is 0.743. The minimum absolute atomic E-state index is 0.0563. The molecule has 1 aliphatic heterocycles. The van der Waals surface area contributed by atoms with Crippen molar-refractivity contribution in [2.75, 3.05) is 50.2 Å². The molecule has 2 aromatic rings. The van der Waals surface area contributed by atoms with Crippen molar-refractivity contribution in [3.8, 4) is 0 Å². The maximum absolute atomic E-state index is 14.8. The van der Waals surface area contributed by atoms with Gasteiger partial charge in [-0.15, -0.1) is 0 Å². The highest BCUT2D eigenvalue weighted by molar-refractivity contribution is 6.28. The van der Waals surface area contributed by atoms with Crippen molar-refractivity contribution >= 4 is 23.2 Å². The second kappa shape index (κ2) is 8.68. The first kappa shape index (κ1) is 19.6. The second-order valence-corrected chi connectivity index (χ2v) is 6.04. The number of nitrogens with zero attached hydrogens (tertiary/aromatic N) is 4. The predicted molar refractivity (Wildman–Crippen MR) is 92.4 cm³/mol. The summed E-state index contributed by atoms with van der Waals surface area (Å²) in [5.41, 5.74) is -0.111. The molecule has 1 N–H and O–H groups in total. The monoisotopic (exact) mass is 403 g/mol. The molecule has 3 heterocycles. The van der Waals surface area contributed by atoms with E-state index in [0.717, 1.165) is 6.20 Å². The lowest BCUT2D eigenvalue weighted by atomic mass is 10.2. The molecule has 1 unspecified atom stereocenters. The Morgan fingerprint density at radius 1 is 1.30 bits per heavy atom. The van der Waals surface area contributed by atoms with Gasteiger partial charge in [0.25, 0.3) is 0 Å². The lowest BCUT2D eigenvalue weighted by molar-refractivity contribution is 0.106. The molecule has 0 saturated carbocycles. The number of anilines is 2. The minimum Gasteiger partial charge on any atom is -0.378 e. The van der Waals surface area contributed by atoms with E-state index in [-0.39, 0.29) is 29.2 Å². The van der Waals surface area contributed by atoms with Crippen LogP contribution >= 0.6 is 11.6 Å². The van der Waals surface area contributed by atoms with Crippen LogP contribution in [0.4, 0.5) is 24.8 Å². The van der Waals surface area contributed by atoms with Gasteiger partial charge in [0.05, 0.1) is 19.4 Å². The first-order valence-corrected chi connectivity index (χ1v) is 8.50. The smallest absolute Gasteiger partial charge is 0.226 e. The highest BCUT2D eigenvalue weighted by Crippen LogP contribution is 2.26. The summed E-state index contributed by atoms with van der Waals surface area (Å²) < 4.78 is 52.2. The van der Waals surface area contributed by atoms with Crippen LogP contribution in [0, 0.1) is 17.5 Å². The molecular weight excluding hydrogens is 387 g/mol. The molecule has 0 amide bonds. The van der Waals surface area contributed by atoms with Gasteiger partial charge in [0.15, 0.2) is 11.6 Å². The lowest BCUT2D eigenvalue weighted by Gasteiger charge is -2.28. The van der Waals surface area contributed by atoms with Gasteiger partial charge < -0.3 is 19.7 Å². The molecule has 1 aliphatic rings. The highest BCUT2D eigenvalue weighted by Gasteiger charge is 2.23. The number of methoxy groups -OCH3 is 1. The van der Waals surface area contributed by atoms with Crippen molar-refractivity contribution in [1.82, 2.24) is 15.0 Å². The SMILES string of the molecule is COC(CNc1nc(Cl)nc(N2CCOCC2)c1F)c1ncc(F)cc1F. The fraction of sp³-hybridized carbons (Fsp3) is 0.438. The second-order valence-electron chi connectivity index (χ2n) is 5.70. The average Bonchev–Trinajstić information content (AvgIpc) is 2.66. The summed E-state index contributed by atoms with van der Waals surface area (Å²) in [7, 11) is 1.33. The maximum Gasteiger partial charge on any atom is 0.226 e. The third kappa shape index (κ3) is 4.57. The summed E-state index contributed by atoms with van der Waals surface area (Å²) >= 11 is 5.92. The molecule has 11 heteroatoms. The summed E-state index contributed by atoms with van der Waals surface area (Å²) in [5.74, 6) is -2.45. The number of rotatable bonds is 6. The Kier molecular flexibility index (Phi) is 6.30. The van der Waals surface area contributed by atoms with E-state index >= 15 is 0 Å². The number of ether oxygens (including phenoxy) is 2. The Bertz CT molecular complexity index is 808. The van der Waals surface area contributed by atoms with E-state index in [9.17, 15) is 13.2 Å². The number of pyridine rings is 1. The van der Waals surface area contributed by atoms with E-state index in [0.29, 0.717) is 32.4 Å². The van der Waals surface area contributed by atoms with Gasteiger partial charge in [-0.05, 0) is 11.6 Å². The van der Waals surface area contributed by atoms with Crippen molar-refractivity contribution in [3.05, 3.63) is 40.7 Å². The fourth-order valence-electron chi connectivity index (χ4n) is 2.65. The van der Waals surface area contributed by atoms with Crippen LogP contribution in [0.1, 0.15) is 11.8 Å². The molecule has 0 spiro atoms. The molecule has 7 nitrogen and oxygen atoms in total. The van der Waals surface area contributed by atoms with Crippen molar-refractivity contribution in [1.29, 1.82) is 0 Å². The zero-order valence-electron chi connectivity index (χ0n) is 14.4. The molecule has 27 heavy (non-hydrogen) atoms. The Labute approximate surface area is 158 Å². The lowest BCUT2D eigenvalue weighted by Crippen LogP contribution is -2.37. The summed E-state index contributed by atoms with van der Waals surface area (Å²) in [6, 6.07) is 0.701. The van der Waals surface area contributed by atoms with Crippen LogP contribution in [0.25, 0.3) is 0 Å². The van der Waals surface area contributed by atoms with Gasteiger partial charge in [0.1, 0.15) is 23.4 Å². The zero-order chi connectivity index (χ0) is 19.4. The summed E-state index contributed by atoms with van der Waals surface area (Å²) in [6.07, 6.45) is -0.0195. The summed E-state index contributed by atoms with van der Waals surface area (Å²) in [4.78, 5) is 13.2. The fourth-order valence-corrected chi connectivity index (χ4v) is 2.82. The van der Waals surface area contributed by atoms with E-state index in [1.807, 2.05) is 0 Å². The molecule has 1 fully saturated rings. The topological polar surface area (TPSA) is 72.4 Å². The molecule has 3 rings (SSSR count). The number of halogens is 4. The van der Waals surface area contributed by atoms with E-state index in [1.165, 1.54) is 7.11 Å². The van der Waals surface area contributed by atoms with Crippen LogP contribution < -0.4 is 10.2 Å². The van der Waals surface area contributed by atoms with Crippen LogP contribution in [0.3, 0.4) is 0 Å². The standard InChI is InChI=1S/C16H17ClF3N5O2/c1-26-11(13-10(19)6-9(18)7-21-13)8-22-14-12(20)15(24-16(17)23-14)25-2-4-27-5-3-25/h6-7,11H,2-5,8H2,1H3,(H,22,23,24). The van der Waals surface area contributed by atoms with Crippen LogP contribution in [0.15, 0.2) is 12.3 Å². The van der Waals surface area contributed by atoms with Gasteiger partial charge in [0, 0.05) is 32.8 Å². The Balaban J connectivity index is 1.79. The molecular formula is C16H17ClF3N5O2. The molecule has 0 bridgehead atoms. The normalized spacial score (nSPS) is 15.7. The third-order valence-electron chi connectivity index (χ3n) is 4.00. The van der Waals surface area contributed by atoms with Crippen molar-refractivity contribution in [3.63, 3.8) is 0 Å². The maximum atomic E-state index is 14.8. The van der Waals surface area contributed by atoms with Gasteiger partial charge >= 0.3 is 0 Å². The number of morpholine rings is 1. The minimum atomic E-state index is -0.898. The summed E-state index contributed by atoms with van der Waals surface area (Å²) in [5, 5.41) is 2.59. The van der Waals surface area contributed by atoms with Gasteiger partial charge in [-0.3, -0.25) is 4.98 Å². The van der Waals surface area contributed by atoms with Crippen molar-refractivity contribution in [2.45, 2.75) is 6.10 Å². The summed E-state index contributed by atoms with van der Waals surface area (Å²) in [6.45, 7) is 1.76. The first-order valence-electron chi connectivity index (χ1n) is 8.13. The molecule has 146 valence electrons. The van der Waals surface area contributed by atoms with Crippen molar-refractivity contribution in [2.24, 2.45) is 0 Å². The van der Waals surface area contributed by atoms with Crippen molar-refractivity contribution < 1.29 is 22.6 Å². The largest absolute Gasteiger partial charge is 0.378 e. The Morgan fingerprint density at radius 2 is 2.04 bits per heavy atom. The highest BCUT2D eigenvalue weighted by atomic mass is 35.5. The Morgan fingerprint density at radius 3 is 2.70 bits per heavy atom. The third-order valence-corrected chi connectivity index (χ3v) is 4.17. The van der Waals surface area contributed by atoms with Gasteiger partial charge in [-0.2, -0.15) is 14.4 Å². The molecule has 0 radical (unpaired) electrons. The van der Waals surface area contributed by atoms with Gasteiger partial charge in [-0.1, -0.05) is 0 Å². The molecule has 1 saturated heterocycles. The van der Waals surface area contributed by atoms with E-state index in [2.05, 4.69) is 20.3 Å². The van der Waals surface area contributed by atoms with Crippen LogP contribution in [0.2, 0.25) is 5.28 Å². The average molecular weight is 404 g/mol. The molecule has 0 aliphatic carbocycles. The van der Waals surface area contributed by atoms with E-state index < -0.39 is 23.6 Å². The van der Waals surface area contributed by atoms with Crippen LogP contribution in [0.5, 0.6) is 0 Å². The Hall–Kier alpha value is -2.17. The number of hydrogen-bond acceptors (Lipinski definition) is 7. The predicted octanol–water partition coefficient (Wildman–Crippen LogP) is 2.58. The molecule has 2 aromatic heterocycles. The molecule has 0 aromatic carbocycles. The van der Waals surface area contributed by atoms with Gasteiger partial charge in [0.2, 0.25) is 11.1 Å². The van der Waals surface area contributed by atoms with E-state index in [1.54, 1.807) is 4.90 Å². The van der Waals surface area contributed by atoms with E-state index in [4.69, 9.17) is 21.1 Å². The molecule has 1 atom stereocenters. The number of aromatic nitrogens is 3. The van der Waals surface area contributed by atoms with Crippen LogP contribution in [-0.2, 0) is 9.47 Å². The number of hydrogen-bond donors (Lipinski definition) is 1. The first-order chi connectivity index (χ1) is 13.0. The van der Waals surface area contributed by atoms with Gasteiger partial charge in [-0.25, -0.2) is 8.78 Å². The zero-order valence-corrected chi connectivity index (χ0v) is 15.1.